The molecule has 162 valence electrons. The molecule has 1 fully saturated rings. The van der Waals surface area contributed by atoms with Crippen molar-refractivity contribution in [3.63, 3.8) is 0 Å². The lowest BCUT2D eigenvalue weighted by Crippen LogP contribution is -2.53. The molecular formula is C24H32N2O3S. The number of piperidine rings is 1. The molecule has 4 atom stereocenters. The molecule has 5 nitrogen and oxygen atoms in total. The van der Waals surface area contributed by atoms with Gasteiger partial charge in [-0.05, 0) is 67.7 Å². The number of benzene rings is 2. The van der Waals surface area contributed by atoms with Gasteiger partial charge in [0.25, 0.3) is 0 Å². The van der Waals surface area contributed by atoms with Crippen LogP contribution in [-0.4, -0.2) is 47.6 Å². The second kappa shape index (κ2) is 11.5. The van der Waals surface area contributed by atoms with Gasteiger partial charge in [-0.25, -0.2) is 0 Å². The highest BCUT2D eigenvalue weighted by atomic mass is 32.2. The lowest BCUT2D eigenvalue weighted by atomic mass is 9.89. The van der Waals surface area contributed by atoms with Crippen molar-refractivity contribution in [2.45, 2.75) is 48.8 Å². The third kappa shape index (κ3) is 6.32. The van der Waals surface area contributed by atoms with Crippen LogP contribution >= 0.6 is 11.8 Å². The second-order valence-electron chi connectivity index (χ2n) is 7.94. The summed E-state index contributed by atoms with van der Waals surface area (Å²) >= 11 is 1.63. The predicted molar refractivity (Wildman–Crippen MR) is 121 cm³/mol. The van der Waals surface area contributed by atoms with Gasteiger partial charge in [-0.1, -0.05) is 42.5 Å². The highest BCUT2D eigenvalue weighted by molar-refractivity contribution is 7.98. The van der Waals surface area contributed by atoms with Crippen molar-refractivity contribution in [2.24, 2.45) is 5.92 Å². The van der Waals surface area contributed by atoms with Crippen molar-refractivity contribution in [1.29, 1.82) is 0 Å². The molecule has 0 radical (unpaired) electrons. The van der Waals surface area contributed by atoms with Crippen LogP contribution in [0.25, 0.3) is 0 Å². The van der Waals surface area contributed by atoms with Gasteiger partial charge in [0, 0.05) is 4.90 Å². The van der Waals surface area contributed by atoms with E-state index in [0.717, 1.165) is 37.1 Å². The van der Waals surface area contributed by atoms with Crippen molar-refractivity contribution >= 4 is 17.7 Å². The van der Waals surface area contributed by atoms with Crippen LogP contribution in [0.5, 0.6) is 0 Å². The molecule has 0 spiro atoms. The summed E-state index contributed by atoms with van der Waals surface area (Å²) in [6.45, 7) is 0.497. The molecule has 1 aliphatic heterocycles. The first-order valence-electron chi connectivity index (χ1n) is 10.6. The van der Waals surface area contributed by atoms with E-state index in [2.05, 4.69) is 34.9 Å². The van der Waals surface area contributed by atoms with Gasteiger partial charge in [0.1, 0.15) is 6.10 Å². The normalized spacial score (nSPS) is 21.0. The first-order valence-corrected chi connectivity index (χ1v) is 11.8. The van der Waals surface area contributed by atoms with E-state index in [0.29, 0.717) is 11.5 Å². The summed E-state index contributed by atoms with van der Waals surface area (Å²) < 4.78 is 0. The van der Waals surface area contributed by atoms with Gasteiger partial charge in [0.05, 0.1) is 18.7 Å². The fourth-order valence-corrected chi connectivity index (χ4v) is 4.35. The van der Waals surface area contributed by atoms with Crippen LogP contribution in [0, 0.1) is 5.92 Å². The molecule has 2 unspecified atom stereocenters. The predicted octanol–water partition coefficient (Wildman–Crippen LogP) is 2.92. The summed E-state index contributed by atoms with van der Waals surface area (Å²) in [4.78, 5) is 13.8. The van der Waals surface area contributed by atoms with Gasteiger partial charge in [-0.3, -0.25) is 4.79 Å². The van der Waals surface area contributed by atoms with E-state index in [4.69, 9.17) is 0 Å². The molecule has 2 aromatic carbocycles. The zero-order valence-corrected chi connectivity index (χ0v) is 18.3. The van der Waals surface area contributed by atoms with Crippen LogP contribution < -0.4 is 10.6 Å². The molecule has 1 saturated heterocycles. The fourth-order valence-electron chi connectivity index (χ4n) is 3.94. The van der Waals surface area contributed by atoms with Gasteiger partial charge in [-0.15, -0.1) is 11.8 Å². The molecule has 2 aromatic rings. The summed E-state index contributed by atoms with van der Waals surface area (Å²) in [6, 6.07) is 17.0. The number of aliphatic hydroxyl groups excluding tert-OH is 2. The Hall–Kier alpha value is -1.86. The molecule has 0 bridgehead atoms. The average Bonchev–Trinajstić information content (AvgIpc) is 2.81. The Balaban J connectivity index is 1.46. The van der Waals surface area contributed by atoms with Crippen molar-refractivity contribution in [1.82, 2.24) is 10.6 Å². The summed E-state index contributed by atoms with van der Waals surface area (Å²) in [5, 5.41) is 26.5. The molecule has 3 rings (SSSR count). The number of nitrogens with one attached hydrogen (secondary N) is 2. The molecule has 6 heteroatoms. The molecule has 1 amide bonds. The van der Waals surface area contributed by atoms with E-state index in [-0.39, 0.29) is 18.6 Å². The monoisotopic (exact) mass is 428 g/mol. The number of rotatable bonds is 9. The average molecular weight is 429 g/mol. The Morgan fingerprint density at radius 2 is 1.90 bits per heavy atom. The van der Waals surface area contributed by atoms with E-state index in [1.807, 2.05) is 36.6 Å². The zero-order chi connectivity index (χ0) is 21.3. The highest BCUT2D eigenvalue weighted by Crippen LogP contribution is 2.23. The number of hydrogen-bond donors (Lipinski definition) is 4. The van der Waals surface area contributed by atoms with Gasteiger partial charge < -0.3 is 20.8 Å². The van der Waals surface area contributed by atoms with E-state index in [1.54, 1.807) is 11.8 Å². The van der Waals surface area contributed by atoms with Crippen LogP contribution in [0.2, 0.25) is 0 Å². The lowest BCUT2D eigenvalue weighted by molar-refractivity contribution is -0.126. The number of carbonyl (C=O) groups excluding carboxylic acids is 1. The van der Waals surface area contributed by atoms with Crippen molar-refractivity contribution in [3.8, 4) is 0 Å². The fraction of sp³-hybridized carbons (Fsp3) is 0.458. The Bertz CT molecular complexity index is 777. The maximum atomic E-state index is 12.7. The quantitative estimate of drug-likeness (QED) is 0.462. The van der Waals surface area contributed by atoms with Crippen LogP contribution in [-0.2, 0) is 11.2 Å². The Morgan fingerprint density at radius 1 is 1.17 bits per heavy atom. The molecule has 1 aliphatic rings. The first-order chi connectivity index (χ1) is 14.6. The Morgan fingerprint density at radius 3 is 2.50 bits per heavy atom. The molecule has 0 aromatic heterocycles. The maximum Gasteiger partial charge on any atom is 0.237 e. The number of hydrogen-bond acceptors (Lipinski definition) is 5. The lowest BCUT2D eigenvalue weighted by Gasteiger charge is -2.31. The van der Waals surface area contributed by atoms with E-state index in [9.17, 15) is 15.0 Å². The summed E-state index contributed by atoms with van der Waals surface area (Å²) in [5.74, 6) is 0.402. The Labute approximate surface area is 183 Å². The second-order valence-corrected chi connectivity index (χ2v) is 8.82. The van der Waals surface area contributed by atoms with Crippen molar-refractivity contribution in [2.75, 3.05) is 19.4 Å². The smallest absolute Gasteiger partial charge is 0.237 e. The maximum absolute atomic E-state index is 12.7. The van der Waals surface area contributed by atoms with E-state index in [1.165, 1.54) is 5.56 Å². The van der Waals surface area contributed by atoms with Gasteiger partial charge in [0.15, 0.2) is 0 Å². The van der Waals surface area contributed by atoms with Crippen LogP contribution in [0.4, 0.5) is 0 Å². The molecule has 0 saturated carbocycles. The largest absolute Gasteiger partial charge is 0.394 e. The summed E-state index contributed by atoms with van der Waals surface area (Å²) in [7, 11) is 0. The molecule has 4 N–H and O–H groups in total. The van der Waals surface area contributed by atoms with Gasteiger partial charge in [-0.2, -0.15) is 0 Å². The number of aliphatic hydroxyl groups is 2. The number of aryl methyl sites for hydroxylation is 1. The molecule has 30 heavy (non-hydrogen) atoms. The number of amides is 1. The highest BCUT2D eigenvalue weighted by Gasteiger charge is 2.29. The summed E-state index contributed by atoms with van der Waals surface area (Å²) in [6.07, 6.45) is 4.97. The van der Waals surface area contributed by atoms with Gasteiger partial charge in [0.2, 0.25) is 5.91 Å². The summed E-state index contributed by atoms with van der Waals surface area (Å²) in [5.41, 5.74) is 2.03. The van der Waals surface area contributed by atoms with Crippen LogP contribution in [0.1, 0.15) is 36.5 Å². The third-order valence-corrected chi connectivity index (χ3v) is 6.62. The SMILES string of the molecule is CSc1ccc([C@@H](O)[C@H](CO)NC(=O)C2CCC(CCc3ccccc3)CN2)cc1. The third-order valence-electron chi connectivity index (χ3n) is 5.88. The molecular weight excluding hydrogens is 396 g/mol. The van der Waals surface area contributed by atoms with Crippen molar-refractivity contribution < 1.29 is 15.0 Å². The number of carbonyl (C=O) groups is 1. The van der Waals surface area contributed by atoms with Crippen LogP contribution in [0.15, 0.2) is 59.5 Å². The Kier molecular flexibility index (Phi) is 8.75. The minimum Gasteiger partial charge on any atom is -0.394 e. The minimum absolute atomic E-state index is 0.157. The first kappa shape index (κ1) is 22.8. The topological polar surface area (TPSA) is 81.6 Å². The van der Waals surface area contributed by atoms with Gasteiger partial charge >= 0.3 is 0 Å². The number of thioether (sulfide) groups is 1. The minimum atomic E-state index is -0.947. The standard InChI is InChI=1S/C24H32N2O3S/c1-30-20-12-10-19(11-13-20)23(28)22(16-27)26-24(29)21-14-9-18(15-25-21)8-7-17-5-3-2-4-6-17/h2-6,10-13,18,21-23,25,27-28H,7-9,14-16H2,1H3,(H,26,29)/t18?,21?,22-,23+/m0/s1. The van der Waals surface area contributed by atoms with Crippen molar-refractivity contribution in [3.05, 3.63) is 65.7 Å². The van der Waals surface area contributed by atoms with Crippen LogP contribution in [0.3, 0.4) is 0 Å². The molecule has 1 heterocycles. The van der Waals surface area contributed by atoms with E-state index >= 15 is 0 Å². The van der Waals surface area contributed by atoms with E-state index < -0.39 is 12.1 Å². The zero-order valence-electron chi connectivity index (χ0n) is 17.5. The molecule has 0 aliphatic carbocycles.